The van der Waals surface area contributed by atoms with Crippen molar-refractivity contribution in [3.05, 3.63) is 29.5 Å². The number of aromatic amines is 1. The number of aromatic nitrogens is 1. The van der Waals surface area contributed by atoms with Crippen LogP contribution >= 0.6 is 0 Å². The lowest BCUT2D eigenvalue weighted by Crippen LogP contribution is -2.22. The van der Waals surface area contributed by atoms with Crippen LogP contribution < -0.4 is 5.32 Å². The number of nitrogens with one attached hydrogen (secondary N) is 2. The Labute approximate surface area is 96.1 Å². The van der Waals surface area contributed by atoms with Crippen molar-refractivity contribution < 1.29 is 0 Å². The van der Waals surface area contributed by atoms with E-state index in [4.69, 9.17) is 0 Å². The summed E-state index contributed by atoms with van der Waals surface area (Å²) < 4.78 is 0. The van der Waals surface area contributed by atoms with E-state index >= 15 is 0 Å². The van der Waals surface area contributed by atoms with Gasteiger partial charge in [0.15, 0.2) is 0 Å². The molecule has 0 spiro atoms. The summed E-state index contributed by atoms with van der Waals surface area (Å²) in [6, 6.07) is 6.80. The van der Waals surface area contributed by atoms with Crippen LogP contribution in [-0.4, -0.2) is 11.5 Å². The van der Waals surface area contributed by atoms with Crippen LogP contribution in [0.15, 0.2) is 18.2 Å². The Morgan fingerprint density at radius 1 is 1.31 bits per heavy atom. The smallest absolute Gasteiger partial charge is 0.0460 e. The second-order valence-electron chi connectivity index (χ2n) is 4.91. The van der Waals surface area contributed by atoms with Crippen molar-refractivity contribution in [2.24, 2.45) is 5.92 Å². The highest BCUT2D eigenvalue weighted by Crippen LogP contribution is 2.30. The largest absolute Gasteiger partial charge is 0.385 e. The molecular weight excluding hydrogens is 196 g/mol. The van der Waals surface area contributed by atoms with E-state index in [1.165, 1.54) is 40.7 Å². The van der Waals surface area contributed by atoms with Crippen LogP contribution in [0.3, 0.4) is 0 Å². The molecule has 0 aliphatic carbocycles. The first kappa shape index (κ1) is 9.76. The van der Waals surface area contributed by atoms with E-state index in [2.05, 4.69) is 42.3 Å². The van der Waals surface area contributed by atoms with Gasteiger partial charge >= 0.3 is 0 Å². The van der Waals surface area contributed by atoms with Gasteiger partial charge in [0.1, 0.15) is 0 Å². The molecule has 2 aromatic rings. The highest BCUT2D eigenvalue weighted by Gasteiger charge is 2.17. The normalized spacial score (nSPS) is 19.5. The van der Waals surface area contributed by atoms with Crippen molar-refractivity contribution in [3.63, 3.8) is 0 Å². The number of H-pyrrole nitrogens is 1. The molecule has 0 saturated heterocycles. The fourth-order valence-electron chi connectivity index (χ4n) is 2.63. The molecule has 0 bridgehead atoms. The molecule has 1 atom stereocenters. The summed E-state index contributed by atoms with van der Waals surface area (Å²) >= 11 is 0. The third-order valence-electron chi connectivity index (χ3n) is 3.65. The Morgan fingerprint density at radius 3 is 3.00 bits per heavy atom. The predicted molar refractivity (Wildman–Crippen MR) is 69.0 cm³/mol. The molecule has 1 aromatic heterocycles. The lowest BCUT2D eigenvalue weighted by molar-refractivity contribution is 0.521. The predicted octanol–water partition coefficient (Wildman–Crippen LogP) is 3.47. The summed E-state index contributed by atoms with van der Waals surface area (Å²) in [6.45, 7) is 5.51. The van der Waals surface area contributed by atoms with Gasteiger partial charge in [0.2, 0.25) is 0 Å². The SMILES string of the molecule is CCC1CNc2cc3cc(C)[nH]c3cc2C1. The van der Waals surface area contributed by atoms with E-state index in [-0.39, 0.29) is 0 Å². The summed E-state index contributed by atoms with van der Waals surface area (Å²) in [7, 11) is 0. The topological polar surface area (TPSA) is 27.8 Å². The molecular formula is C14H18N2. The van der Waals surface area contributed by atoms with Crippen LogP contribution in [0.25, 0.3) is 10.9 Å². The molecule has 84 valence electrons. The van der Waals surface area contributed by atoms with E-state index in [1.807, 2.05) is 0 Å². The van der Waals surface area contributed by atoms with Gasteiger partial charge < -0.3 is 10.3 Å². The average molecular weight is 214 g/mol. The average Bonchev–Trinajstić information content (AvgIpc) is 2.64. The van der Waals surface area contributed by atoms with Gasteiger partial charge in [0.05, 0.1) is 0 Å². The number of hydrogen-bond acceptors (Lipinski definition) is 1. The van der Waals surface area contributed by atoms with E-state index in [0.29, 0.717) is 0 Å². The molecule has 3 rings (SSSR count). The summed E-state index contributed by atoms with van der Waals surface area (Å²) in [4.78, 5) is 3.41. The fourth-order valence-corrected chi connectivity index (χ4v) is 2.63. The van der Waals surface area contributed by atoms with Crippen molar-refractivity contribution in [3.8, 4) is 0 Å². The molecule has 1 aliphatic heterocycles. The first-order valence-corrected chi connectivity index (χ1v) is 6.12. The van der Waals surface area contributed by atoms with Crippen LogP contribution in [0.5, 0.6) is 0 Å². The lowest BCUT2D eigenvalue weighted by Gasteiger charge is -2.25. The molecule has 0 saturated carbocycles. The molecule has 0 radical (unpaired) electrons. The maximum atomic E-state index is 3.55. The molecule has 16 heavy (non-hydrogen) atoms. The molecule has 1 aliphatic rings. The number of hydrogen-bond donors (Lipinski definition) is 2. The van der Waals surface area contributed by atoms with Gasteiger partial charge in [-0.3, -0.25) is 0 Å². The fraction of sp³-hybridized carbons (Fsp3) is 0.429. The maximum Gasteiger partial charge on any atom is 0.0460 e. The van der Waals surface area contributed by atoms with Crippen LogP contribution in [-0.2, 0) is 6.42 Å². The van der Waals surface area contributed by atoms with Gasteiger partial charge in [-0.1, -0.05) is 13.3 Å². The van der Waals surface area contributed by atoms with Crippen molar-refractivity contribution >= 4 is 16.6 Å². The number of anilines is 1. The Morgan fingerprint density at radius 2 is 2.19 bits per heavy atom. The third-order valence-corrected chi connectivity index (χ3v) is 3.65. The number of benzene rings is 1. The molecule has 0 fully saturated rings. The first-order valence-electron chi connectivity index (χ1n) is 6.12. The Kier molecular flexibility index (Phi) is 2.16. The first-order chi connectivity index (χ1) is 7.76. The van der Waals surface area contributed by atoms with Gasteiger partial charge in [0.25, 0.3) is 0 Å². The summed E-state index contributed by atoms with van der Waals surface area (Å²) in [5.41, 5.74) is 5.31. The maximum absolute atomic E-state index is 3.55. The molecule has 2 heteroatoms. The van der Waals surface area contributed by atoms with Crippen LogP contribution in [0.2, 0.25) is 0 Å². The molecule has 1 aromatic carbocycles. The van der Waals surface area contributed by atoms with Gasteiger partial charge in [-0.2, -0.15) is 0 Å². The van der Waals surface area contributed by atoms with Gasteiger partial charge in [-0.25, -0.2) is 0 Å². The monoisotopic (exact) mass is 214 g/mol. The quantitative estimate of drug-likeness (QED) is 0.747. The van der Waals surface area contributed by atoms with E-state index in [1.54, 1.807) is 0 Å². The lowest BCUT2D eigenvalue weighted by atomic mass is 9.91. The minimum atomic E-state index is 0.793. The standard InChI is InChI=1S/C14H18N2/c1-3-10-5-12-7-14-11(4-9(2)16-14)6-13(12)15-8-10/h4,6-7,10,15-16H,3,5,8H2,1-2H3. The minimum absolute atomic E-state index is 0.793. The van der Waals surface area contributed by atoms with E-state index in [9.17, 15) is 0 Å². The second-order valence-corrected chi connectivity index (χ2v) is 4.91. The number of rotatable bonds is 1. The zero-order valence-electron chi connectivity index (χ0n) is 9.93. The number of fused-ring (bicyclic) bond motifs is 2. The second kappa shape index (κ2) is 3.55. The van der Waals surface area contributed by atoms with E-state index < -0.39 is 0 Å². The van der Waals surface area contributed by atoms with E-state index in [0.717, 1.165) is 12.5 Å². The highest BCUT2D eigenvalue weighted by molar-refractivity contribution is 5.86. The van der Waals surface area contributed by atoms with Crippen molar-refractivity contribution in [1.29, 1.82) is 0 Å². The number of aryl methyl sites for hydroxylation is 1. The van der Waals surface area contributed by atoms with Gasteiger partial charge in [0, 0.05) is 28.8 Å². The summed E-state index contributed by atoms with van der Waals surface area (Å²) in [6.07, 6.45) is 2.47. The molecule has 2 nitrogen and oxygen atoms in total. The molecule has 2 heterocycles. The van der Waals surface area contributed by atoms with Crippen molar-refractivity contribution in [1.82, 2.24) is 4.98 Å². The Bertz CT molecular complexity index is 525. The van der Waals surface area contributed by atoms with Crippen molar-refractivity contribution in [2.75, 3.05) is 11.9 Å². The summed E-state index contributed by atoms with van der Waals surface area (Å²) in [5.74, 6) is 0.793. The highest BCUT2D eigenvalue weighted by atomic mass is 14.9. The Balaban J connectivity index is 2.09. The van der Waals surface area contributed by atoms with Crippen molar-refractivity contribution in [2.45, 2.75) is 26.7 Å². The minimum Gasteiger partial charge on any atom is -0.385 e. The van der Waals surface area contributed by atoms with Crippen LogP contribution in [0, 0.1) is 12.8 Å². The Hall–Kier alpha value is -1.44. The summed E-state index contributed by atoms with van der Waals surface area (Å²) in [5, 5.41) is 4.87. The molecule has 2 N–H and O–H groups in total. The van der Waals surface area contributed by atoms with Gasteiger partial charge in [-0.05, 0) is 43.0 Å². The third kappa shape index (κ3) is 1.49. The zero-order chi connectivity index (χ0) is 11.1. The molecule has 1 unspecified atom stereocenters. The van der Waals surface area contributed by atoms with Crippen LogP contribution in [0.1, 0.15) is 24.6 Å². The van der Waals surface area contributed by atoms with Crippen LogP contribution in [0.4, 0.5) is 5.69 Å². The van der Waals surface area contributed by atoms with Gasteiger partial charge in [-0.15, -0.1) is 0 Å². The zero-order valence-corrected chi connectivity index (χ0v) is 9.93. The molecule has 0 amide bonds.